The van der Waals surface area contributed by atoms with Gasteiger partial charge in [-0.1, -0.05) is 0 Å². The molecule has 2 rings (SSSR count). The van der Waals surface area contributed by atoms with Crippen LogP contribution in [-0.4, -0.2) is 21.5 Å². The van der Waals surface area contributed by atoms with Gasteiger partial charge in [0.25, 0.3) is 0 Å². The first-order valence-electron chi connectivity index (χ1n) is 5.60. The van der Waals surface area contributed by atoms with Crippen LogP contribution in [0, 0.1) is 11.6 Å². The number of halogens is 3. The lowest BCUT2D eigenvalue weighted by atomic mass is 10.2. The molecule has 0 fully saturated rings. The van der Waals surface area contributed by atoms with Crippen molar-refractivity contribution in [3.8, 4) is 0 Å². The highest BCUT2D eigenvalue weighted by Gasteiger charge is 2.08. The van der Waals surface area contributed by atoms with Crippen molar-refractivity contribution in [1.29, 1.82) is 0 Å². The Kier molecular flexibility index (Phi) is 4.49. The molecule has 102 valence electrons. The largest absolute Gasteiger partial charge is 0.394 e. The average Bonchev–Trinajstić information content (AvgIpc) is 2.80. The van der Waals surface area contributed by atoms with Crippen LogP contribution in [0.4, 0.5) is 14.5 Å². The summed E-state index contributed by atoms with van der Waals surface area (Å²) in [5.41, 5.74) is 0.909. The number of anilines is 1. The molecule has 1 aromatic carbocycles. The highest BCUT2D eigenvalue weighted by Crippen LogP contribution is 2.23. The van der Waals surface area contributed by atoms with E-state index in [1.165, 1.54) is 0 Å². The Bertz CT molecular complexity index is 574. The molecule has 0 saturated heterocycles. The quantitative estimate of drug-likeness (QED) is 0.828. The smallest absolute Gasteiger partial charge is 0.147 e. The van der Waals surface area contributed by atoms with E-state index in [2.05, 4.69) is 26.3 Å². The highest BCUT2D eigenvalue weighted by atomic mass is 79.9. The molecule has 0 aliphatic carbocycles. The summed E-state index contributed by atoms with van der Waals surface area (Å²) in [6.45, 7) is 0.728. The van der Waals surface area contributed by atoms with E-state index in [4.69, 9.17) is 5.11 Å². The van der Waals surface area contributed by atoms with E-state index < -0.39 is 11.6 Å². The Morgan fingerprint density at radius 2 is 2.11 bits per heavy atom. The Morgan fingerprint density at radius 3 is 2.84 bits per heavy atom. The predicted molar refractivity (Wildman–Crippen MR) is 70.7 cm³/mol. The molecule has 0 bridgehead atoms. The lowest BCUT2D eigenvalue weighted by molar-refractivity contribution is 0.269. The van der Waals surface area contributed by atoms with E-state index in [0.29, 0.717) is 13.1 Å². The van der Waals surface area contributed by atoms with Crippen LogP contribution in [-0.2, 0) is 13.1 Å². The number of aliphatic hydroxyl groups excluding tert-OH is 1. The third kappa shape index (κ3) is 3.51. The zero-order chi connectivity index (χ0) is 13.8. The van der Waals surface area contributed by atoms with Crippen LogP contribution in [0.1, 0.15) is 5.56 Å². The fraction of sp³-hybridized carbons (Fsp3) is 0.250. The van der Waals surface area contributed by atoms with Crippen LogP contribution >= 0.6 is 15.9 Å². The van der Waals surface area contributed by atoms with Crippen LogP contribution < -0.4 is 5.32 Å². The van der Waals surface area contributed by atoms with E-state index in [9.17, 15) is 8.78 Å². The van der Waals surface area contributed by atoms with Gasteiger partial charge in [0, 0.05) is 24.4 Å². The van der Waals surface area contributed by atoms with Gasteiger partial charge < -0.3 is 10.4 Å². The summed E-state index contributed by atoms with van der Waals surface area (Å²) in [7, 11) is 0. The molecule has 0 amide bonds. The minimum Gasteiger partial charge on any atom is -0.394 e. The van der Waals surface area contributed by atoms with Gasteiger partial charge >= 0.3 is 0 Å². The molecular formula is C12H12BrF2N3O. The molecule has 0 spiro atoms. The summed E-state index contributed by atoms with van der Waals surface area (Å²) in [4.78, 5) is 0. The summed E-state index contributed by atoms with van der Waals surface area (Å²) in [5, 5.41) is 15.6. The van der Waals surface area contributed by atoms with Gasteiger partial charge in [-0.25, -0.2) is 8.78 Å². The van der Waals surface area contributed by atoms with E-state index in [1.807, 2.05) is 0 Å². The van der Waals surface area contributed by atoms with E-state index in [0.717, 1.165) is 17.7 Å². The lowest BCUT2D eigenvalue weighted by Crippen LogP contribution is -2.03. The van der Waals surface area contributed by atoms with Gasteiger partial charge in [0.2, 0.25) is 0 Å². The molecule has 4 nitrogen and oxygen atoms in total. The minimum atomic E-state index is -0.531. The number of benzene rings is 1. The number of nitrogens with zero attached hydrogens (tertiary/aromatic N) is 2. The average molecular weight is 332 g/mol. The zero-order valence-corrected chi connectivity index (χ0v) is 11.5. The van der Waals surface area contributed by atoms with Gasteiger partial charge in [-0.05, 0) is 22.0 Å². The molecule has 2 N–H and O–H groups in total. The predicted octanol–water partition coefficient (Wildman–Crippen LogP) is 2.53. The van der Waals surface area contributed by atoms with E-state index in [1.54, 1.807) is 17.1 Å². The third-order valence-corrected chi connectivity index (χ3v) is 3.12. The highest BCUT2D eigenvalue weighted by molar-refractivity contribution is 9.10. The van der Waals surface area contributed by atoms with Gasteiger partial charge in [0.05, 0.1) is 29.5 Å². The van der Waals surface area contributed by atoms with E-state index in [-0.39, 0.29) is 16.8 Å². The summed E-state index contributed by atoms with van der Waals surface area (Å²) in [5.74, 6) is -1.06. The van der Waals surface area contributed by atoms with Crippen molar-refractivity contribution in [2.45, 2.75) is 13.1 Å². The molecular weight excluding hydrogens is 320 g/mol. The molecule has 0 aliphatic heterocycles. The van der Waals surface area contributed by atoms with Crippen molar-refractivity contribution in [2.75, 3.05) is 11.9 Å². The van der Waals surface area contributed by atoms with Crippen molar-refractivity contribution in [3.05, 3.63) is 46.2 Å². The Balaban J connectivity index is 2.03. The molecule has 0 radical (unpaired) electrons. The Morgan fingerprint density at radius 1 is 1.32 bits per heavy atom. The zero-order valence-electron chi connectivity index (χ0n) is 9.91. The number of rotatable bonds is 5. The second-order valence-electron chi connectivity index (χ2n) is 3.93. The molecule has 1 heterocycles. The first kappa shape index (κ1) is 14.0. The third-order valence-electron chi connectivity index (χ3n) is 2.51. The number of aliphatic hydroxyl groups is 1. The summed E-state index contributed by atoms with van der Waals surface area (Å²) < 4.78 is 28.5. The molecule has 1 aromatic heterocycles. The van der Waals surface area contributed by atoms with Gasteiger partial charge in [-0.15, -0.1) is 0 Å². The Labute approximate surface area is 117 Å². The maximum Gasteiger partial charge on any atom is 0.147 e. The van der Waals surface area contributed by atoms with Gasteiger partial charge in [-0.2, -0.15) is 5.10 Å². The summed E-state index contributed by atoms with van der Waals surface area (Å²) >= 11 is 2.92. The molecule has 0 unspecified atom stereocenters. The minimum absolute atomic E-state index is 0.00109. The van der Waals surface area contributed by atoms with Gasteiger partial charge in [-0.3, -0.25) is 4.68 Å². The van der Waals surface area contributed by atoms with Crippen LogP contribution in [0.3, 0.4) is 0 Å². The lowest BCUT2D eigenvalue weighted by Gasteiger charge is -2.07. The monoisotopic (exact) mass is 331 g/mol. The van der Waals surface area contributed by atoms with Gasteiger partial charge in [0.15, 0.2) is 0 Å². The van der Waals surface area contributed by atoms with Crippen LogP contribution in [0.2, 0.25) is 0 Å². The Hall–Kier alpha value is -1.47. The second-order valence-corrected chi connectivity index (χ2v) is 4.79. The van der Waals surface area contributed by atoms with Crippen molar-refractivity contribution < 1.29 is 13.9 Å². The first-order valence-corrected chi connectivity index (χ1v) is 6.40. The summed E-state index contributed by atoms with van der Waals surface area (Å²) in [6.07, 6.45) is 3.34. The van der Waals surface area contributed by atoms with Crippen molar-refractivity contribution in [2.24, 2.45) is 0 Å². The molecule has 0 saturated carbocycles. The van der Waals surface area contributed by atoms with Gasteiger partial charge in [0.1, 0.15) is 11.6 Å². The molecule has 0 atom stereocenters. The molecule has 2 aromatic rings. The van der Waals surface area contributed by atoms with Crippen molar-refractivity contribution in [1.82, 2.24) is 9.78 Å². The number of nitrogens with one attached hydrogen (secondary N) is 1. The maximum atomic E-state index is 13.5. The number of aromatic nitrogens is 2. The SMILES string of the molecule is OCCn1cc(CNc2cc(F)c(Br)cc2F)cn1. The van der Waals surface area contributed by atoms with Crippen LogP contribution in [0.15, 0.2) is 29.0 Å². The number of hydrogen-bond acceptors (Lipinski definition) is 3. The van der Waals surface area contributed by atoms with Crippen molar-refractivity contribution >= 4 is 21.6 Å². The first-order chi connectivity index (χ1) is 9.10. The molecule has 7 heteroatoms. The maximum absolute atomic E-state index is 13.5. The van der Waals surface area contributed by atoms with E-state index >= 15 is 0 Å². The van der Waals surface area contributed by atoms with Crippen LogP contribution in [0.5, 0.6) is 0 Å². The molecule has 0 aliphatic rings. The topological polar surface area (TPSA) is 50.1 Å². The second kappa shape index (κ2) is 6.12. The fourth-order valence-corrected chi connectivity index (χ4v) is 1.89. The standard InChI is InChI=1S/C12H12BrF2N3O/c13-9-3-11(15)12(4-10(9)14)16-5-8-6-17-18(7-8)1-2-19/h3-4,6-7,16,19H,1-2,5H2. The fourth-order valence-electron chi connectivity index (χ4n) is 1.58. The molecule has 19 heavy (non-hydrogen) atoms. The van der Waals surface area contributed by atoms with Crippen molar-refractivity contribution in [3.63, 3.8) is 0 Å². The van der Waals surface area contributed by atoms with Crippen LogP contribution in [0.25, 0.3) is 0 Å². The summed E-state index contributed by atoms with van der Waals surface area (Å²) in [6, 6.07) is 2.17. The number of hydrogen-bond donors (Lipinski definition) is 2. The normalized spacial score (nSPS) is 10.7.